The van der Waals surface area contributed by atoms with Crippen molar-refractivity contribution in [2.75, 3.05) is 6.79 Å². The van der Waals surface area contributed by atoms with Crippen LogP contribution in [0.1, 0.15) is 5.56 Å². The molecule has 0 radical (unpaired) electrons. The lowest BCUT2D eigenvalue weighted by atomic mass is 9.98. The molecule has 0 fully saturated rings. The van der Waals surface area contributed by atoms with Crippen molar-refractivity contribution in [3.63, 3.8) is 0 Å². The van der Waals surface area contributed by atoms with Crippen LogP contribution in [0.3, 0.4) is 0 Å². The molecular weight excluding hydrogens is 233 g/mol. The van der Waals surface area contributed by atoms with Gasteiger partial charge in [-0.1, -0.05) is 18.2 Å². The molecule has 0 atom stereocenters. The minimum absolute atomic E-state index is 0.136. The molecule has 1 heterocycles. The molecule has 0 unspecified atom stereocenters. The van der Waals surface area contributed by atoms with Crippen LogP contribution >= 0.6 is 0 Å². The van der Waals surface area contributed by atoms with Crippen molar-refractivity contribution in [3.8, 4) is 22.6 Å². The first kappa shape index (κ1) is 10.8. The maximum absolute atomic E-state index is 13.8. The fraction of sp³-hybridized carbons (Fsp3) is 0.0714. The molecule has 90 valence electrons. The zero-order valence-electron chi connectivity index (χ0n) is 9.44. The van der Waals surface area contributed by atoms with E-state index in [0.29, 0.717) is 28.2 Å². The summed E-state index contributed by atoms with van der Waals surface area (Å²) in [7, 11) is 0. The summed E-state index contributed by atoms with van der Waals surface area (Å²) in [6, 6.07) is 9.95. The molecule has 4 heteroatoms. The third-order valence-corrected chi connectivity index (χ3v) is 2.89. The van der Waals surface area contributed by atoms with Gasteiger partial charge in [0.15, 0.2) is 11.5 Å². The number of hydrogen-bond acceptors (Lipinski definition) is 3. The van der Waals surface area contributed by atoms with E-state index in [0.717, 1.165) is 6.21 Å². The van der Waals surface area contributed by atoms with E-state index in [-0.39, 0.29) is 12.6 Å². The van der Waals surface area contributed by atoms with E-state index in [1.807, 2.05) is 0 Å². The molecule has 18 heavy (non-hydrogen) atoms. The van der Waals surface area contributed by atoms with Gasteiger partial charge in [0.25, 0.3) is 0 Å². The Balaban J connectivity index is 2.25. The minimum Gasteiger partial charge on any atom is -0.454 e. The third-order valence-electron chi connectivity index (χ3n) is 2.89. The van der Waals surface area contributed by atoms with Gasteiger partial charge in [-0.05, 0) is 23.8 Å². The highest BCUT2D eigenvalue weighted by atomic mass is 19.1. The second kappa shape index (κ2) is 4.14. The van der Waals surface area contributed by atoms with Gasteiger partial charge in [0.05, 0.1) is 0 Å². The Labute approximate surface area is 103 Å². The highest BCUT2D eigenvalue weighted by Gasteiger charge is 2.21. The summed E-state index contributed by atoms with van der Waals surface area (Å²) in [5.41, 5.74) is 1.62. The summed E-state index contributed by atoms with van der Waals surface area (Å²) in [4.78, 5) is 0. The Kier molecular flexibility index (Phi) is 2.48. The molecule has 3 rings (SSSR count). The summed E-state index contributed by atoms with van der Waals surface area (Å²) in [5.74, 6) is 0.777. The SMILES string of the molecule is N=Cc1c(-c2ccccc2F)ccc2c1OCO2. The van der Waals surface area contributed by atoms with Crippen molar-refractivity contribution in [2.24, 2.45) is 0 Å². The van der Waals surface area contributed by atoms with Gasteiger partial charge >= 0.3 is 0 Å². The lowest BCUT2D eigenvalue weighted by Gasteiger charge is -2.09. The summed E-state index contributed by atoms with van der Waals surface area (Å²) >= 11 is 0. The van der Waals surface area contributed by atoms with E-state index >= 15 is 0 Å². The molecule has 0 spiro atoms. The summed E-state index contributed by atoms with van der Waals surface area (Å²) in [6.45, 7) is 0.136. The third kappa shape index (κ3) is 1.54. The van der Waals surface area contributed by atoms with Crippen molar-refractivity contribution in [1.29, 1.82) is 5.41 Å². The van der Waals surface area contributed by atoms with E-state index in [1.165, 1.54) is 6.07 Å². The van der Waals surface area contributed by atoms with Gasteiger partial charge in [-0.2, -0.15) is 0 Å². The molecule has 0 bridgehead atoms. The van der Waals surface area contributed by atoms with Crippen LogP contribution in [-0.2, 0) is 0 Å². The van der Waals surface area contributed by atoms with Gasteiger partial charge in [-0.3, -0.25) is 0 Å². The number of rotatable bonds is 2. The van der Waals surface area contributed by atoms with Crippen LogP contribution in [0.15, 0.2) is 36.4 Å². The predicted molar refractivity (Wildman–Crippen MR) is 65.8 cm³/mol. The summed E-state index contributed by atoms with van der Waals surface area (Å²) in [6.07, 6.45) is 1.16. The first-order valence-corrected chi connectivity index (χ1v) is 5.49. The van der Waals surface area contributed by atoms with Gasteiger partial charge in [-0.25, -0.2) is 4.39 Å². The van der Waals surface area contributed by atoms with Crippen molar-refractivity contribution in [1.82, 2.24) is 0 Å². The van der Waals surface area contributed by atoms with E-state index in [9.17, 15) is 4.39 Å². The van der Waals surface area contributed by atoms with E-state index in [2.05, 4.69) is 0 Å². The lowest BCUT2D eigenvalue weighted by molar-refractivity contribution is 0.174. The van der Waals surface area contributed by atoms with E-state index in [4.69, 9.17) is 14.9 Å². The van der Waals surface area contributed by atoms with Crippen LogP contribution in [-0.4, -0.2) is 13.0 Å². The second-order valence-electron chi connectivity index (χ2n) is 3.88. The molecule has 2 aromatic carbocycles. The highest BCUT2D eigenvalue weighted by Crippen LogP contribution is 2.40. The van der Waals surface area contributed by atoms with Gasteiger partial charge in [0.2, 0.25) is 6.79 Å². The molecule has 3 nitrogen and oxygen atoms in total. The first-order valence-electron chi connectivity index (χ1n) is 5.49. The highest BCUT2D eigenvalue weighted by molar-refractivity contribution is 5.93. The number of hydrogen-bond donors (Lipinski definition) is 1. The molecule has 0 amide bonds. The van der Waals surface area contributed by atoms with Crippen molar-refractivity contribution in [2.45, 2.75) is 0 Å². The Morgan fingerprint density at radius 1 is 1.06 bits per heavy atom. The number of halogens is 1. The molecule has 0 aromatic heterocycles. The zero-order chi connectivity index (χ0) is 12.5. The Morgan fingerprint density at radius 2 is 1.89 bits per heavy atom. The molecular formula is C14H10FNO2. The Morgan fingerprint density at radius 3 is 2.67 bits per heavy atom. The molecule has 1 N–H and O–H groups in total. The fourth-order valence-electron chi connectivity index (χ4n) is 2.05. The lowest BCUT2D eigenvalue weighted by Crippen LogP contribution is -1.95. The molecule has 0 aliphatic carbocycles. The van der Waals surface area contributed by atoms with Crippen LogP contribution in [0.25, 0.3) is 11.1 Å². The van der Waals surface area contributed by atoms with Gasteiger partial charge in [0, 0.05) is 17.3 Å². The van der Waals surface area contributed by atoms with Crippen LogP contribution in [0.4, 0.5) is 4.39 Å². The number of nitrogens with one attached hydrogen (secondary N) is 1. The van der Waals surface area contributed by atoms with Gasteiger partial charge in [0.1, 0.15) is 5.82 Å². The monoisotopic (exact) mass is 243 g/mol. The van der Waals surface area contributed by atoms with Crippen molar-refractivity contribution >= 4 is 6.21 Å². The van der Waals surface area contributed by atoms with Crippen LogP contribution in [0.5, 0.6) is 11.5 Å². The van der Waals surface area contributed by atoms with Crippen molar-refractivity contribution < 1.29 is 13.9 Å². The summed E-state index contributed by atoms with van der Waals surface area (Å²) in [5, 5.41) is 7.49. The topological polar surface area (TPSA) is 42.3 Å². The quantitative estimate of drug-likeness (QED) is 0.823. The number of benzene rings is 2. The summed E-state index contributed by atoms with van der Waals surface area (Å²) < 4.78 is 24.4. The molecule has 1 aliphatic rings. The Hall–Kier alpha value is -2.36. The van der Waals surface area contributed by atoms with Crippen LogP contribution in [0.2, 0.25) is 0 Å². The smallest absolute Gasteiger partial charge is 0.231 e. The maximum Gasteiger partial charge on any atom is 0.231 e. The van der Waals surface area contributed by atoms with Gasteiger partial charge in [-0.15, -0.1) is 0 Å². The number of ether oxygens (including phenoxy) is 2. The fourth-order valence-corrected chi connectivity index (χ4v) is 2.05. The largest absolute Gasteiger partial charge is 0.454 e. The van der Waals surface area contributed by atoms with Crippen molar-refractivity contribution in [3.05, 3.63) is 47.8 Å². The van der Waals surface area contributed by atoms with Gasteiger partial charge < -0.3 is 14.9 Å². The minimum atomic E-state index is -0.320. The van der Waals surface area contributed by atoms with Crippen LogP contribution in [0, 0.1) is 11.2 Å². The molecule has 0 saturated carbocycles. The van der Waals surface area contributed by atoms with E-state index in [1.54, 1.807) is 30.3 Å². The predicted octanol–water partition coefficient (Wildman–Crippen LogP) is 3.22. The average molecular weight is 243 g/mol. The molecule has 1 aliphatic heterocycles. The molecule has 0 saturated heterocycles. The van der Waals surface area contributed by atoms with Crippen LogP contribution < -0.4 is 9.47 Å². The average Bonchev–Trinajstić information content (AvgIpc) is 2.86. The zero-order valence-corrected chi connectivity index (χ0v) is 9.44. The number of fused-ring (bicyclic) bond motifs is 1. The Bertz CT molecular complexity index is 625. The first-order chi connectivity index (χ1) is 8.81. The normalized spacial score (nSPS) is 12.5. The standard InChI is InChI=1S/C14H10FNO2/c15-12-4-2-1-3-10(12)9-5-6-13-14(11(9)7-16)18-8-17-13/h1-7,16H,8H2. The molecule has 2 aromatic rings. The second-order valence-corrected chi connectivity index (χ2v) is 3.88. The maximum atomic E-state index is 13.8. The van der Waals surface area contributed by atoms with E-state index < -0.39 is 0 Å².